The molecule has 1 aliphatic heterocycles. The summed E-state index contributed by atoms with van der Waals surface area (Å²) in [5.41, 5.74) is -3.15. The predicted molar refractivity (Wildman–Crippen MR) is 78.3 cm³/mol. The van der Waals surface area contributed by atoms with E-state index in [0.29, 0.717) is 6.04 Å². The molecule has 1 heterocycles. The molecule has 1 fully saturated rings. The number of likely N-dealkylation sites (N-methyl/N-ethyl adjacent to an activating group) is 1. The molecule has 0 spiro atoms. The first-order valence-electron chi connectivity index (χ1n) is 6.20. The number of benzene rings is 1. The van der Waals surface area contributed by atoms with Crippen LogP contribution in [0.4, 0.5) is 13.2 Å². The monoisotopic (exact) mass is 326 g/mol. The molecular weight excluding hydrogens is 309 g/mol. The maximum absolute atomic E-state index is 12.2. The molecule has 0 aromatic heterocycles. The van der Waals surface area contributed by atoms with Gasteiger partial charge >= 0.3 is 5.51 Å². The van der Waals surface area contributed by atoms with Gasteiger partial charge in [-0.25, -0.2) is 0 Å². The first kappa shape index (κ1) is 17.6. The summed E-state index contributed by atoms with van der Waals surface area (Å²) in [6.45, 7) is 2.83. The van der Waals surface area contributed by atoms with Crippen molar-refractivity contribution in [1.29, 1.82) is 0 Å². The third kappa shape index (κ3) is 5.52. The van der Waals surface area contributed by atoms with E-state index in [2.05, 4.69) is 10.2 Å². The Labute approximate surface area is 127 Å². The van der Waals surface area contributed by atoms with Crippen LogP contribution in [-0.2, 0) is 6.54 Å². The number of rotatable bonds is 4. The topological polar surface area (TPSA) is 15.3 Å². The van der Waals surface area contributed by atoms with E-state index in [1.54, 1.807) is 24.3 Å². The number of thioether (sulfide) groups is 1. The third-order valence-corrected chi connectivity index (χ3v) is 3.98. The minimum Gasteiger partial charge on any atom is -0.316 e. The molecule has 1 unspecified atom stereocenters. The number of likely N-dealkylation sites (tertiary alicyclic amines) is 1. The van der Waals surface area contributed by atoms with E-state index in [4.69, 9.17) is 0 Å². The Morgan fingerprint density at radius 1 is 1.30 bits per heavy atom. The van der Waals surface area contributed by atoms with Crippen LogP contribution in [0.25, 0.3) is 0 Å². The van der Waals surface area contributed by atoms with Gasteiger partial charge in [0.1, 0.15) is 0 Å². The highest BCUT2D eigenvalue weighted by Gasteiger charge is 2.29. The molecule has 7 heteroatoms. The highest BCUT2D eigenvalue weighted by atomic mass is 35.5. The lowest BCUT2D eigenvalue weighted by Crippen LogP contribution is -2.29. The van der Waals surface area contributed by atoms with Crippen LogP contribution in [0.2, 0.25) is 0 Å². The van der Waals surface area contributed by atoms with Gasteiger partial charge in [0, 0.05) is 30.6 Å². The smallest absolute Gasteiger partial charge is 0.316 e. The fourth-order valence-electron chi connectivity index (χ4n) is 2.27. The first-order chi connectivity index (χ1) is 8.96. The molecule has 2 nitrogen and oxygen atoms in total. The van der Waals surface area contributed by atoms with Crippen molar-refractivity contribution in [2.75, 3.05) is 20.1 Å². The third-order valence-electron chi connectivity index (χ3n) is 3.24. The summed E-state index contributed by atoms with van der Waals surface area (Å²) in [7, 11) is 1.96. The minimum absolute atomic E-state index is 0. The van der Waals surface area contributed by atoms with E-state index >= 15 is 0 Å². The highest BCUT2D eigenvalue weighted by molar-refractivity contribution is 8.00. The van der Waals surface area contributed by atoms with Gasteiger partial charge in [0.15, 0.2) is 0 Å². The zero-order valence-corrected chi connectivity index (χ0v) is 12.7. The lowest BCUT2D eigenvalue weighted by atomic mass is 10.2. The lowest BCUT2D eigenvalue weighted by Gasteiger charge is -2.16. The van der Waals surface area contributed by atoms with Gasteiger partial charge in [-0.3, -0.25) is 4.90 Å². The van der Waals surface area contributed by atoms with Crippen LogP contribution in [-0.4, -0.2) is 36.6 Å². The van der Waals surface area contributed by atoms with Gasteiger partial charge < -0.3 is 5.32 Å². The van der Waals surface area contributed by atoms with Crippen LogP contribution in [0.1, 0.15) is 12.0 Å². The Balaban J connectivity index is 0.00000200. The van der Waals surface area contributed by atoms with Crippen molar-refractivity contribution < 1.29 is 13.2 Å². The standard InChI is InChI=1S/C13H17F3N2S.ClH/c1-17-11-6-7-18(9-11)8-10-2-4-12(5-3-10)19-13(14,15)16;/h2-5,11,17H,6-9H2,1H3;1H. The summed E-state index contributed by atoms with van der Waals surface area (Å²) in [6.07, 6.45) is 1.12. The van der Waals surface area contributed by atoms with E-state index in [1.165, 1.54) is 0 Å². The van der Waals surface area contributed by atoms with Crippen LogP contribution in [0, 0.1) is 0 Å². The Bertz CT molecular complexity index is 411. The summed E-state index contributed by atoms with van der Waals surface area (Å²) in [5.74, 6) is 0. The van der Waals surface area contributed by atoms with Crippen LogP contribution in [0.3, 0.4) is 0 Å². The van der Waals surface area contributed by atoms with Crippen LogP contribution < -0.4 is 5.32 Å². The molecule has 1 aromatic carbocycles. The van der Waals surface area contributed by atoms with Crippen molar-refractivity contribution in [2.45, 2.75) is 29.4 Å². The van der Waals surface area contributed by atoms with Crippen molar-refractivity contribution in [2.24, 2.45) is 0 Å². The lowest BCUT2D eigenvalue weighted by molar-refractivity contribution is -0.0328. The molecule has 1 aliphatic rings. The van der Waals surface area contributed by atoms with E-state index in [1.807, 2.05) is 7.05 Å². The van der Waals surface area contributed by atoms with Gasteiger partial charge in [-0.1, -0.05) is 12.1 Å². The number of halogens is 4. The predicted octanol–water partition coefficient (Wildman–Crippen LogP) is 3.51. The number of hydrogen-bond acceptors (Lipinski definition) is 3. The van der Waals surface area contributed by atoms with Gasteiger partial charge in [-0.2, -0.15) is 13.2 Å². The average Bonchev–Trinajstić information content (AvgIpc) is 2.77. The van der Waals surface area contributed by atoms with Gasteiger partial charge in [0.2, 0.25) is 0 Å². The second-order valence-corrected chi connectivity index (χ2v) is 5.84. The van der Waals surface area contributed by atoms with Crippen molar-refractivity contribution >= 4 is 24.2 Å². The maximum atomic E-state index is 12.2. The van der Waals surface area contributed by atoms with Crippen molar-refractivity contribution in [3.63, 3.8) is 0 Å². The summed E-state index contributed by atoms with van der Waals surface area (Å²) in [4.78, 5) is 2.55. The molecule has 0 bridgehead atoms. The highest BCUT2D eigenvalue weighted by Crippen LogP contribution is 2.36. The van der Waals surface area contributed by atoms with Crippen molar-refractivity contribution in [1.82, 2.24) is 10.2 Å². The zero-order chi connectivity index (χ0) is 13.9. The first-order valence-corrected chi connectivity index (χ1v) is 7.02. The SMILES string of the molecule is CNC1CCN(Cc2ccc(SC(F)(F)F)cc2)C1.Cl. The Kier molecular flexibility index (Phi) is 6.64. The summed E-state index contributed by atoms with van der Waals surface area (Å²) >= 11 is -0.0674. The molecule has 1 saturated heterocycles. The van der Waals surface area contributed by atoms with E-state index in [9.17, 15) is 13.2 Å². The van der Waals surface area contributed by atoms with E-state index in [0.717, 1.165) is 31.6 Å². The normalized spacial score (nSPS) is 19.9. The Hall–Kier alpha value is -0.430. The molecule has 20 heavy (non-hydrogen) atoms. The fourth-order valence-corrected chi connectivity index (χ4v) is 2.81. The van der Waals surface area contributed by atoms with Crippen LogP contribution in [0.5, 0.6) is 0 Å². The number of nitrogens with zero attached hydrogens (tertiary/aromatic N) is 1. The summed E-state index contributed by atoms with van der Waals surface area (Å²) in [6, 6.07) is 7.17. The molecule has 1 aromatic rings. The fraction of sp³-hybridized carbons (Fsp3) is 0.538. The molecule has 0 amide bonds. The van der Waals surface area contributed by atoms with Gasteiger partial charge in [-0.15, -0.1) is 12.4 Å². The second-order valence-electron chi connectivity index (χ2n) is 4.70. The second kappa shape index (κ2) is 7.54. The molecule has 0 aliphatic carbocycles. The molecule has 1 N–H and O–H groups in total. The van der Waals surface area contributed by atoms with Gasteiger partial charge in [0.05, 0.1) is 0 Å². The molecule has 0 saturated carbocycles. The molecule has 2 rings (SSSR count). The molecule has 0 radical (unpaired) electrons. The Morgan fingerprint density at radius 2 is 1.95 bits per heavy atom. The average molecular weight is 327 g/mol. The number of alkyl halides is 3. The van der Waals surface area contributed by atoms with Gasteiger partial charge in [0.25, 0.3) is 0 Å². The molecular formula is C13H18ClF3N2S. The quantitative estimate of drug-likeness (QED) is 0.852. The number of nitrogens with one attached hydrogen (secondary N) is 1. The molecule has 1 atom stereocenters. The summed E-state index contributed by atoms with van der Waals surface area (Å²) in [5, 5.41) is 3.24. The van der Waals surface area contributed by atoms with Gasteiger partial charge in [-0.05, 0) is 42.9 Å². The largest absolute Gasteiger partial charge is 0.446 e. The van der Waals surface area contributed by atoms with E-state index in [-0.39, 0.29) is 29.1 Å². The van der Waals surface area contributed by atoms with Crippen LogP contribution in [0.15, 0.2) is 29.2 Å². The van der Waals surface area contributed by atoms with Crippen molar-refractivity contribution in [3.05, 3.63) is 29.8 Å². The minimum atomic E-state index is -4.21. The Morgan fingerprint density at radius 3 is 2.45 bits per heavy atom. The van der Waals surface area contributed by atoms with Crippen molar-refractivity contribution in [3.8, 4) is 0 Å². The maximum Gasteiger partial charge on any atom is 0.446 e. The molecule has 114 valence electrons. The van der Waals surface area contributed by atoms with E-state index < -0.39 is 5.51 Å². The zero-order valence-electron chi connectivity index (χ0n) is 11.1. The summed E-state index contributed by atoms with van der Waals surface area (Å²) < 4.78 is 36.6. The van der Waals surface area contributed by atoms with Crippen LogP contribution >= 0.6 is 24.2 Å². The number of hydrogen-bond donors (Lipinski definition) is 1.